The van der Waals surface area contributed by atoms with E-state index in [2.05, 4.69) is 15.2 Å². The highest BCUT2D eigenvalue weighted by atomic mass is 19.4. The van der Waals surface area contributed by atoms with Crippen LogP contribution >= 0.6 is 0 Å². The molecule has 1 aromatic carbocycles. The molecule has 3 aromatic rings. The summed E-state index contributed by atoms with van der Waals surface area (Å²) < 4.78 is 55.0. The Balaban J connectivity index is 1.44. The molecule has 0 unspecified atom stereocenters. The average Bonchev–Trinajstić information content (AvgIpc) is 3.35. The van der Waals surface area contributed by atoms with Crippen LogP contribution in [0.3, 0.4) is 0 Å². The number of ether oxygens (including phenoxy) is 3. The molecule has 37 heavy (non-hydrogen) atoms. The lowest BCUT2D eigenvalue weighted by molar-refractivity contribution is -0.274. The molecule has 3 heterocycles. The summed E-state index contributed by atoms with van der Waals surface area (Å²) in [6, 6.07) is 7.91. The molecule has 10 nitrogen and oxygen atoms in total. The van der Waals surface area contributed by atoms with Crippen molar-refractivity contribution in [2.24, 2.45) is 5.73 Å². The van der Waals surface area contributed by atoms with Crippen molar-refractivity contribution in [1.29, 1.82) is 0 Å². The number of pyridine rings is 1. The average molecular weight is 519 g/mol. The predicted molar refractivity (Wildman–Crippen MR) is 126 cm³/mol. The van der Waals surface area contributed by atoms with Gasteiger partial charge < -0.3 is 29.8 Å². The largest absolute Gasteiger partial charge is 0.573 e. The fourth-order valence-electron chi connectivity index (χ4n) is 4.37. The zero-order valence-electron chi connectivity index (χ0n) is 19.5. The third-order valence-electron chi connectivity index (χ3n) is 6.08. The van der Waals surface area contributed by atoms with Crippen molar-refractivity contribution in [1.82, 2.24) is 14.3 Å². The van der Waals surface area contributed by atoms with Gasteiger partial charge in [0.2, 0.25) is 0 Å². The SMILES string of the molecule is N[C@H]1CO[C@H](Cn2cccc(Nc3nn(-c4ccc(OC(F)(F)F)cc4)c(=O)c4c3CCC4)c2=O)OC1. The Morgan fingerprint density at radius 2 is 1.76 bits per heavy atom. The zero-order chi connectivity index (χ0) is 26.2. The highest BCUT2D eigenvalue weighted by molar-refractivity contribution is 5.61. The van der Waals surface area contributed by atoms with Gasteiger partial charge in [-0.1, -0.05) is 0 Å². The van der Waals surface area contributed by atoms with Gasteiger partial charge in [0.05, 0.1) is 31.5 Å². The van der Waals surface area contributed by atoms with Gasteiger partial charge in [-0.3, -0.25) is 9.59 Å². The summed E-state index contributed by atoms with van der Waals surface area (Å²) in [5, 5.41) is 7.48. The van der Waals surface area contributed by atoms with Crippen molar-refractivity contribution in [3.05, 3.63) is 74.4 Å². The minimum Gasteiger partial charge on any atom is -0.406 e. The summed E-state index contributed by atoms with van der Waals surface area (Å²) in [5.41, 5.74) is 6.80. The molecule has 196 valence electrons. The van der Waals surface area contributed by atoms with Gasteiger partial charge in [0, 0.05) is 17.3 Å². The topological polar surface area (TPSA) is 123 Å². The number of nitrogens with two attached hydrogens (primary N) is 1. The van der Waals surface area contributed by atoms with Gasteiger partial charge in [-0.25, -0.2) is 0 Å². The first-order chi connectivity index (χ1) is 17.7. The van der Waals surface area contributed by atoms with Gasteiger partial charge in [-0.2, -0.15) is 4.68 Å². The number of fused-ring (bicyclic) bond motifs is 1. The molecular formula is C24H24F3N5O5. The van der Waals surface area contributed by atoms with E-state index < -0.39 is 18.4 Å². The van der Waals surface area contributed by atoms with Crippen molar-refractivity contribution in [3.8, 4) is 11.4 Å². The molecule has 0 saturated carbocycles. The van der Waals surface area contributed by atoms with Crippen LogP contribution in [0.1, 0.15) is 17.5 Å². The number of hydrogen-bond acceptors (Lipinski definition) is 8. The molecule has 0 spiro atoms. The predicted octanol–water partition coefficient (Wildman–Crippen LogP) is 2.23. The lowest BCUT2D eigenvalue weighted by atomic mass is 10.2. The Morgan fingerprint density at radius 3 is 2.46 bits per heavy atom. The molecular weight excluding hydrogens is 495 g/mol. The van der Waals surface area contributed by atoms with E-state index in [4.69, 9.17) is 15.2 Å². The quantitative estimate of drug-likeness (QED) is 0.509. The molecule has 1 saturated heterocycles. The normalized spacial score (nSPS) is 19.5. The van der Waals surface area contributed by atoms with E-state index in [0.717, 1.165) is 23.2 Å². The fourth-order valence-corrected chi connectivity index (χ4v) is 4.37. The van der Waals surface area contributed by atoms with Crippen molar-refractivity contribution in [3.63, 3.8) is 0 Å². The third kappa shape index (κ3) is 5.53. The van der Waals surface area contributed by atoms with Gasteiger partial charge in [-0.05, 0) is 55.7 Å². The second-order valence-corrected chi connectivity index (χ2v) is 8.78. The van der Waals surface area contributed by atoms with Crippen LogP contribution in [0.25, 0.3) is 5.69 Å². The maximum absolute atomic E-state index is 13.1. The molecule has 0 atom stereocenters. The third-order valence-corrected chi connectivity index (χ3v) is 6.08. The number of aromatic nitrogens is 3. The maximum Gasteiger partial charge on any atom is 0.573 e. The number of benzene rings is 1. The first-order valence-corrected chi connectivity index (χ1v) is 11.6. The van der Waals surface area contributed by atoms with Gasteiger partial charge in [-0.15, -0.1) is 18.3 Å². The summed E-state index contributed by atoms with van der Waals surface area (Å²) in [6.07, 6.45) is -1.96. The molecule has 0 amide bonds. The molecule has 0 bridgehead atoms. The second-order valence-electron chi connectivity index (χ2n) is 8.78. The standard InChI is InChI=1S/C24H24F3N5O5/c25-24(26,27)37-16-8-6-15(7-9-16)32-22(33)18-4-1-3-17(18)21(30-32)29-19-5-2-10-31(23(19)34)11-20-35-12-14(28)13-36-20/h2,5-10,14,20H,1,3-4,11-13,28H2,(H,29,30)/t14-,20-. The molecule has 2 aliphatic rings. The minimum absolute atomic E-state index is 0.165. The van der Waals surface area contributed by atoms with E-state index in [1.165, 1.54) is 16.7 Å². The minimum atomic E-state index is -4.83. The fraction of sp³-hybridized carbons (Fsp3) is 0.375. The smallest absolute Gasteiger partial charge is 0.406 e. The Morgan fingerprint density at radius 1 is 1.05 bits per heavy atom. The summed E-state index contributed by atoms with van der Waals surface area (Å²) in [4.78, 5) is 26.3. The highest BCUT2D eigenvalue weighted by Crippen LogP contribution is 2.28. The van der Waals surface area contributed by atoms with Crippen LogP contribution in [0, 0.1) is 0 Å². The van der Waals surface area contributed by atoms with Gasteiger partial charge in [0.15, 0.2) is 12.1 Å². The van der Waals surface area contributed by atoms with Gasteiger partial charge in [0.1, 0.15) is 11.4 Å². The van der Waals surface area contributed by atoms with E-state index in [1.807, 2.05) is 0 Å². The molecule has 1 aliphatic heterocycles. The van der Waals surface area contributed by atoms with Crippen molar-refractivity contribution >= 4 is 11.5 Å². The molecule has 0 radical (unpaired) electrons. The van der Waals surface area contributed by atoms with Crippen molar-refractivity contribution < 1.29 is 27.4 Å². The van der Waals surface area contributed by atoms with E-state index in [1.54, 1.807) is 18.3 Å². The number of nitrogens with one attached hydrogen (secondary N) is 1. The lowest BCUT2D eigenvalue weighted by Gasteiger charge is -2.27. The highest BCUT2D eigenvalue weighted by Gasteiger charge is 2.31. The Labute approximate surface area is 208 Å². The molecule has 1 aliphatic carbocycles. The number of hydrogen-bond donors (Lipinski definition) is 2. The number of nitrogens with zero attached hydrogens (tertiary/aromatic N) is 3. The summed E-state index contributed by atoms with van der Waals surface area (Å²) in [7, 11) is 0. The zero-order valence-corrected chi connectivity index (χ0v) is 19.5. The first kappa shape index (κ1) is 25.0. The molecule has 3 N–H and O–H groups in total. The molecule has 2 aromatic heterocycles. The Bertz CT molecular complexity index is 1400. The second kappa shape index (κ2) is 10.00. The summed E-state index contributed by atoms with van der Waals surface area (Å²) in [6.45, 7) is 0.828. The molecule has 1 fully saturated rings. The van der Waals surface area contributed by atoms with Gasteiger partial charge >= 0.3 is 6.36 Å². The number of alkyl halides is 3. The monoisotopic (exact) mass is 519 g/mol. The maximum atomic E-state index is 13.1. The molecule has 5 rings (SSSR count). The van der Waals surface area contributed by atoms with E-state index in [9.17, 15) is 22.8 Å². The summed E-state index contributed by atoms with van der Waals surface area (Å²) in [5.74, 6) is -0.0877. The summed E-state index contributed by atoms with van der Waals surface area (Å²) >= 11 is 0. The van der Waals surface area contributed by atoms with Crippen molar-refractivity contribution in [2.75, 3.05) is 18.5 Å². The van der Waals surface area contributed by atoms with E-state index in [0.29, 0.717) is 43.0 Å². The van der Waals surface area contributed by atoms with Crippen LogP contribution in [0.5, 0.6) is 5.75 Å². The van der Waals surface area contributed by atoms with Crippen LogP contribution in [0.4, 0.5) is 24.7 Å². The number of rotatable bonds is 6. The van der Waals surface area contributed by atoms with Crippen LogP contribution < -0.4 is 26.9 Å². The lowest BCUT2D eigenvalue weighted by Crippen LogP contribution is -2.43. The van der Waals surface area contributed by atoms with E-state index in [-0.39, 0.29) is 35.1 Å². The van der Waals surface area contributed by atoms with Crippen molar-refractivity contribution in [2.45, 2.75) is 44.5 Å². The van der Waals surface area contributed by atoms with Crippen LogP contribution in [0.15, 0.2) is 52.2 Å². The first-order valence-electron chi connectivity index (χ1n) is 11.6. The molecule has 13 heteroatoms. The number of halogens is 3. The number of anilines is 2. The van der Waals surface area contributed by atoms with Crippen LogP contribution in [0.2, 0.25) is 0 Å². The van der Waals surface area contributed by atoms with Gasteiger partial charge in [0.25, 0.3) is 11.1 Å². The Hall–Kier alpha value is -3.68. The van der Waals surface area contributed by atoms with Crippen LogP contribution in [-0.4, -0.2) is 46.3 Å². The van der Waals surface area contributed by atoms with Crippen LogP contribution in [-0.2, 0) is 28.9 Å². The van der Waals surface area contributed by atoms with E-state index >= 15 is 0 Å². The Kier molecular flexibility index (Phi) is 6.75.